The van der Waals surface area contributed by atoms with Gasteiger partial charge in [-0.2, -0.15) is 5.26 Å². The normalized spacial score (nSPS) is 10.2. The van der Waals surface area contributed by atoms with Crippen LogP contribution in [0.1, 0.15) is 10.4 Å². The molecule has 0 saturated heterocycles. The van der Waals surface area contributed by atoms with Crippen molar-refractivity contribution in [2.24, 2.45) is 0 Å². The van der Waals surface area contributed by atoms with Crippen LogP contribution in [0.5, 0.6) is 0 Å². The Labute approximate surface area is 129 Å². The number of carbonyl (C=O) groups is 2. The smallest absolute Gasteiger partial charge is 0.331 e. The minimum absolute atomic E-state index is 0.386. The highest BCUT2D eigenvalue weighted by Gasteiger charge is 2.09. The standard InChI is InChI=1S/C14H10N2O3S2/c15-8-10-5-7-21-14(10)16-12(17)9-19-13(18)4-3-11-2-1-6-20-11/h1-7H,9H2,(H,16,17)/b4-3+. The molecule has 2 aromatic rings. The number of carbonyl (C=O) groups excluding carboxylic acids is 2. The summed E-state index contributed by atoms with van der Waals surface area (Å²) in [7, 11) is 0. The summed E-state index contributed by atoms with van der Waals surface area (Å²) in [6, 6.07) is 7.30. The molecule has 0 saturated carbocycles. The van der Waals surface area contributed by atoms with Crippen molar-refractivity contribution in [3.63, 3.8) is 0 Å². The lowest BCUT2D eigenvalue weighted by atomic mass is 10.3. The predicted molar refractivity (Wildman–Crippen MR) is 82.0 cm³/mol. The Morgan fingerprint density at radius 3 is 2.90 bits per heavy atom. The van der Waals surface area contributed by atoms with Crippen molar-refractivity contribution in [2.75, 3.05) is 11.9 Å². The van der Waals surface area contributed by atoms with Gasteiger partial charge in [-0.25, -0.2) is 4.79 Å². The highest BCUT2D eigenvalue weighted by Crippen LogP contribution is 2.21. The van der Waals surface area contributed by atoms with Crippen LogP contribution >= 0.6 is 22.7 Å². The summed E-state index contributed by atoms with van der Waals surface area (Å²) in [4.78, 5) is 24.0. The second kappa shape index (κ2) is 7.38. The fourth-order valence-electron chi connectivity index (χ4n) is 1.38. The summed E-state index contributed by atoms with van der Waals surface area (Å²) in [5.41, 5.74) is 0.386. The van der Waals surface area contributed by atoms with Crippen molar-refractivity contribution in [2.45, 2.75) is 0 Å². The van der Waals surface area contributed by atoms with E-state index in [-0.39, 0.29) is 0 Å². The van der Waals surface area contributed by atoms with Crippen molar-refractivity contribution in [1.29, 1.82) is 5.26 Å². The van der Waals surface area contributed by atoms with E-state index >= 15 is 0 Å². The first kappa shape index (κ1) is 15.0. The molecule has 2 aromatic heterocycles. The van der Waals surface area contributed by atoms with E-state index in [1.807, 2.05) is 23.6 Å². The van der Waals surface area contributed by atoms with Gasteiger partial charge in [0, 0.05) is 11.0 Å². The second-order valence-electron chi connectivity index (χ2n) is 3.78. The first-order valence-electron chi connectivity index (χ1n) is 5.85. The highest BCUT2D eigenvalue weighted by atomic mass is 32.1. The van der Waals surface area contributed by atoms with Gasteiger partial charge in [0.25, 0.3) is 5.91 Å². The molecule has 0 aliphatic carbocycles. The Bertz CT molecular complexity index is 696. The van der Waals surface area contributed by atoms with Gasteiger partial charge in [-0.15, -0.1) is 22.7 Å². The van der Waals surface area contributed by atoms with Crippen molar-refractivity contribution >= 4 is 45.6 Å². The number of hydrogen-bond acceptors (Lipinski definition) is 6. The van der Waals surface area contributed by atoms with Gasteiger partial charge in [0.05, 0.1) is 5.56 Å². The fourth-order valence-corrected chi connectivity index (χ4v) is 2.75. The van der Waals surface area contributed by atoms with Gasteiger partial charge in [-0.1, -0.05) is 6.07 Å². The van der Waals surface area contributed by atoms with Crippen molar-refractivity contribution in [1.82, 2.24) is 0 Å². The van der Waals surface area contributed by atoms with Gasteiger partial charge >= 0.3 is 5.97 Å². The minimum atomic E-state index is -0.592. The molecule has 21 heavy (non-hydrogen) atoms. The van der Waals surface area contributed by atoms with Crippen LogP contribution in [0.4, 0.5) is 5.00 Å². The van der Waals surface area contributed by atoms with Crippen LogP contribution in [0.3, 0.4) is 0 Å². The monoisotopic (exact) mass is 318 g/mol. The molecule has 7 heteroatoms. The Morgan fingerprint density at radius 2 is 2.19 bits per heavy atom. The summed E-state index contributed by atoms with van der Waals surface area (Å²) in [6.45, 7) is -0.392. The predicted octanol–water partition coefficient (Wildman–Crippen LogP) is 2.88. The van der Waals surface area contributed by atoms with Crippen LogP contribution in [0.2, 0.25) is 0 Å². The number of nitrogens with zero attached hydrogens (tertiary/aromatic N) is 1. The number of esters is 1. The van der Waals surface area contributed by atoms with E-state index in [0.29, 0.717) is 10.6 Å². The molecule has 2 heterocycles. The molecular formula is C14H10N2O3S2. The molecule has 2 rings (SSSR count). The quantitative estimate of drug-likeness (QED) is 0.679. The van der Waals surface area contributed by atoms with Crippen LogP contribution < -0.4 is 5.32 Å². The zero-order valence-electron chi connectivity index (χ0n) is 10.7. The van der Waals surface area contributed by atoms with Gasteiger partial charge in [-0.3, -0.25) is 4.79 Å². The summed E-state index contributed by atoms with van der Waals surface area (Å²) < 4.78 is 4.81. The summed E-state index contributed by atoms with van der Waals surface area (Å²) in [5, 5.41) is 15.4. The first-order chi connectivity index (χ1) is 10.2. The molecule has 5 nitrogen and oxygen atoms in total. The number of anilines is 1. The summed E-state index contributed by atoms with van der Waals surface area (Å²) >= 11 is 2.73. The molecule has 1 N–H and O–H groups in total. The Balaban J connectivity index is 1.79. The molecular weight excluding hydrogens is 308 g/mol. The fraction of sp³-hybridized carbons (Fsp3) is 0.0714. The van der Waals surface area contributed by atoms with Gasteiger partial charge < -0.3 is 10.1 Å². The molecule has 0 aromatic carbocycles. The molecule has 0 atom stereocenters. The van der Waals surface area contributed by atoms with E-state index < -0.39 is 18.5 Å². The van der Waals surface area contributed by atoms with Crippen LogP contribution in [0, 0.1) is 11.3 Å². The largest absolute Gasteiger partial charge is 0.452 e. The number of nitriles is 1. The average molecular weight is 318 g/mol. The number of ether oxygens (including phenoxy) is 1. The van der Waals surface area contributed by atoms with Crippen LogP contribution in [0.15, 0.2) is 35.0 Å². The third kappa shape index (κ3) is 4.56. The number of rotatable bonds is 5. The molecule has 0 aliphatic rings. The van der Waals surface area contributed by atoms with Gasteiger partial charge in [0.1, 0.15) is 11.1 Å². The topological polar surface area (TPSA) is 79.2 Å². The van der Waals surface area contributed by atoms with Gasteiger partial charge in [0.2, 0.25) is 0 Å². The van der Waals surface area contributed by atoms with Gasteiger partial charge in [-0.05, 0) is 29.0 Å². The number of hydrogen-bond donors (Lipinski definition) is 1. The maximum Gasteiger partial charge on any atom is 0.331 e. The van der Waals surface area contributed by atoms with Crippen LogP contribution in [-0.4, -0.2) is 18.5 Å². The Kier molecular flexibility index (Phi) is 5.26. The van der Waals surface area contributed by atoms with Crippen LogP contribution in [0.25, 0.3) is 6.08 Å². The number of amides is 1. The lowest BCUT2D eigenvalue weighted by Crippen LogP contribution is -2.19. The van der Waals surface area contributed by atoms with Crippen LogP contribution in [-0.2, 0) is 14.3 Å². The lowest BCUT2D eigenvalue weighted by Gasteiger charge is -2.03. The minimum Gasteiger partial charge on any atom is -0.452 e. The molecule has 0 aliphatic heterocycles. The third-order valence-electron chi connectivity index (χ3n) is 2.31. The SMILES string of the molecule is N#Cc1ccsc1NC(=O)COC(=O)/C=C/c1cccs1. The first-order valence-corrected chi connectivity index (χ1v) is 7.61. The van der Waals surface area contributed by atoms with E-state index in [4.69, 9.17) is 10.00 Å². The summed E-state index contributed by atoms with van der Waals surface area (Å²) in [6.07, 6.45) is 2.89. The molecule has 0 spiro atoms. The molecule has 0 unspecified atom stereocenters. The zero-order valence-corrected chi connectivity index (χ0v) is 12.4. The number of thiophene rings is 2. The maximum absolute atomic E-state index is 11.6. The van der Waals surface area contributed by atoms with E-state index in [9.17, 15) is 9.59 Å². The Hall–Kier alpha value is -2.43. The summed E-state index contributed by atoms with van der Waals surface area (Å²) in [5.74, 6) is -1.07. The maximum atomic E-state index is 11.6. The number of nitrogens with one attached hydrogen (secondary N) is 1. The average Bonchev–Trinajstić information content (AvgIpc) is 3.14. The second-order valence-corrected chi connectivity index (χ2v) is 5.68. The van der Waals surface area contributed by atoms with E-state index in [2.05, 4.69) is 5.32 Å². The Morgan fingerprint density at radius 1 is 1.33 bits per heavy atom. The molecule has 0 radical (unpaired) electrons. The van der Waals surface area contributed by atoms with Crippen molar-refractivity contribution < 1.29 is 14.3 Å². The third-order valence-corrected chi connectivity index (χ3v) is 3.98. The molecule has 0 fully saturated rings. The van der Waals surface area contributed by atoms with Crippen molar-refractivity contribution in [3.8, 4) is 6.07 Å². The molecule has 106 valence electrons. The van der Waals surface area contributed by atoms with Gasteiger partial charge in [0.15, 0.2) is 6.61 Å². The van der Waals surface area contributed by atoms with Crippen molar-refractivity contribution in [3.05, 3.63) is 45.5 Å². The highest BCUT2D eigenvalue weighted by molar-refractivity contribution is 7.14. The van der Waals surface area contributed by atoms with E-state index in [0.717, 1.165) is 4.88 Å². The zero-order chi connectivity index (χ0) is 15.1. The molecule has 1 amide bonds. The molecule has 0 bridgehead atoms. The van der Waals surface area contributed by atoms with E-state index in [1.165, 1.54) is 28.7 Å². The van der Waals surface area contributed by atoms with E-state index in [1.54, 1.807) is 17.5 Å². The lowest BCUT2D eigenvalue weighted by molar-refractivity contribution is -0.142.